The van der Waals surface area contributed by atoms with Crippen molar-refractivity contribution < 1.29 is 0 Å². The van der Waals surface area contributed by atoms with Crippen molar-refractivity contribution in [2.24, 2.45) is 0 Å². The van der Waals surface area contributed by atoms with E-state index in [1.807, 2.05) is 0 Å². The van der Waals surface area contributed by atoms with Crippen molar-refractivity contribution in [3.05, 3.63) is 16.1 Å². The van der Waals surface area contributed by atoms with Crippen LogP contribution >= 0.6 is 34.7 Å². The number of rotatable bonds is 3. The van der Waals surface area contributed by atoms with Gasteiger partial charge in [-0.25, -0.2) is 4.98 Å². The molecule has 0 bridgehead atoms. The van der Waals surface area contributed by atoms with E-state index in [9.17, 15) is 0 Å². The van der Waals surface area contributed by atoms with Gasteiger partial charge in [0.25, 0.3) is 0 Å². The predicted octanol–water partition coefficient (Wildman–Crippen LogP) is 3.38. The zero-order valence-electron chi connectivity index (χ0n) is 9.65. The first-order valence-electron chi connectivity index (χ1n) is 5.56. The summed E-state index contributed by atoms with van der Waals surface area (Å²) in [5.41, 5.74) is 1.01. The summed E-state index contributed by atoms with van der Waals surface area (Å²) in [5, 5.41) is 4.01. The van der Waals surface area contributed by atoms with Crippen molar-refractivity contribution in [1.82, 2.24) is 9.88 Å². The molecule has 1 aromatic rings. The van der Waals surface area contributed by atoms with E-state index in [0.717, 1.165) is 10.9 Å². The molecule has 0 aromatic carbocycles. The lowest BCUT2D eigenvalue weighted by molar-refractivity contribution is 0.220. The smallest absolute Gasteiger partial charge is 0.110 e. The third-order valence-electron chi connectivity index (χ3n) is 2.88. The highest BCUT2D eigenvalue weighted by Gasteiger charge is 2.23. The Morgan fingerprint density at radius 2 is 2.50 bits per heavy atom. The van der Waals surface area contributed by atoms with E-state index in [0.29, 0.717) is 11.9 Å². The number of aromatic nitrogens is 1. The van der Waals surface area contributed by atoms with Gasteiger partial charge in [0.2, 0.25) is 0 Å². The fourth-order valence-corrected chi connectivity index (χ4v) is 4.11. The SMILES string of the molecule is CC1CN(C(C)c2nc(CCl)cs2)CCS1. The molecular weight excluding hydrogens is 260 g/mol. The first kappa shape index (κ1) is 12.7. The number of thiazole rings is 1. The molecule has 2 heterocycles. The Labute approximate surface area is 110 Å². The molecule has 2 atom stereocenters. The fourth-order valence-electron chi connectivity index (χ4n) is 1.93. The largest absolute Gasteiger partial charge is 0.292 e. The molecule has 0 aliphatic carbocycles. The van der Waals surface area contributed by atoms with Crippen LogP contribution in [0.5, 0.6) is 0 Å². The molecule has 90 valence electrons. The molecule has 0 amide bonds. The van der Waals surface area contributed by atoms with Crippen LogP contribution in [0, 0.1) is 0 Å². The van der Waals surface area contributed by atoms with Crippen LogP contribution in [0.15, 0.2) is 5.38 Å². The van der Waals surface area contributed by atoms with Crippen LogP contribution in [-0.4, -0.2) is 34.0 Å². The molecule has 2 nitrogen and oxygen atoms in total. The van der Waals surface area contributed by atoms with Crippen LogP contribution < -0.4 is 0 Å². The number of halogens is 1. The predicted molar refractivity (Wildman–Crippen MR) is 73.6 cm³/mol. The van der Waals surface area contributed by atoms with Crippen LogP contribution in [0.2, 0.25) is 0 Å². The topological polar surface area (TPSA) is 16.1 Å². The van der Waals surface area contributed by atoms with Gasteiger partial charge in [-0.05, 0) is 6.92 Å². The molecule has 0 N–H and O–H groups in total. The van der Waals surface area contributed by atoms with Crippen LogP contribution in [0.4, 0.5) is 0 Å². The second kappa shape index (κ2) is 5.71. The van der Waals surface area contributed by atoms with Crippen molar-refractivity contribution >= 4 is 34.7 Å². The molecule has 5 heteroatoms. The molecule has 1 aliphatic heterocycles. The summed E-state index contributed by atoms with van der Waals surface area (Å²) >= 11 is 9.58. The minimum absolute atomic E-state index is 0.435. The summed E-state index contributed by atoms with van der Waals surface area (Å²) in [6.45, 7) is 6.89. The number of alkyl halides is 1. The Hall–Kier alpha value is 0.230. The first-order chi connectivity index (χ1) is 7.70. The molecule has 1 saturated heterocycles. The molecule has 1 aliphatic rings. The maximum atomic E-state index is 5.78. The Balaban J connectivity index is 2.02. The van der Waals surface area contributed by atoms with Gasteiger partial charge in [0.05, 0.1) is 17.6 Å². The van der Waals surface area contributed by atoms with Gasteiger partial charge in [0.15, 0.2) is 0 Å². The van der Waals surface area contributed by atoms with E-state index in [1.165, 1.54) is 23.8 Å². The molecule has 0 saturated carbocycles. The summed E-state index contributed by atoms with van der Waals surface area (Å²) in [5.74, 6) is 1.76. The molecule has 0 spiro atoms. The zero-order chi connectivity index (χ0) is 11.5. The van der Waals surface area contributed by atoms with Gasteiger partial charge in [0.1, 0.15) is 5.01 Å². The van der Waals surface area contributed by atoms with Gasteiger partial charge >= 0.3 is 0 Å². The number of thioether (sulfide) groups is 1. The summed E-state index contributed by atoms with van der Waals surface area (Å²) in [6, 6.07) is 0.435. The average Bonchev–Trinajstić information content (AvgIpc) is 2.76. The highest BCUT2D eigenvalue weighted by atomic mass is 35.5. The quantitative estimate of drug-likeness (QED) is 0.788. The van der Waals surface area contributed by atoms with E-state index in [-0.39, 0.29) is 0 Å². The first-order valence-corrected chi connectivity index (χ1v) is 8.03. The molecule has 1 aromatic heterocycles. The summed E-state index contributed by atoms with van der Waals surface area (Å²) < 4.78 is 0. The molecule has 2 unspecified atom stereocenters. The van der Waals surface area contributed by atoms with E-state index < -0.39 is 0 Å². The third kappa shape index (κ3) is 2.92. The molecule has 2 rings (SSSR count). The van der Waals surface area contributed by atoms with Gasteiger partial charge in [0, 0.05) is 29.5 Å². The van der Waals surface area contributed by atoms with Crippen LogP contribution in [0.1, 0.15) is 30.6 Å². The fraction of sp³-hybridized carbons (Fsp3) is 0.727. The monoisotopic (exact) mass is 276 g/mol. The Morgan fingerprint density at radius 1 is 1.69 bits per heavy atom. The van der Waals surface area contributed by atoms with Crippen molar-refractivity contribution in [2.45, 2.75) is 31.0 Å². The number of nitrogens with zero attached hydrogens (tertiary/aromatic N) is 2. The summed E-state index contributed by atoms with van der Waals surface area (Å²) in [6.07, 6.45) is 0. The zero-order valence-corrected chi connectivity index (χ0v) is 12.0. The van der Waals surface area contributed by atoms with E-state index in [4.69, 9.17) is 11.6 Å². The molecular formula is C11H17ClN2S2. The Kier molecular flexibility index (Phi) is 4.53. The van der Waals surface area contributed by atoms with Crippen molar-refractivity contribution in [3.63, 3.8) is 0 Å². The standard InChI is InChI=1S/C11H17ClN2S2/c1-8-6-14(3-4-15-8)9(2)11-13-10(5-12)7-16-11/h7-9H,3-6H2,1-2H3. The lowest BCUT2D eigenvalue weighted by atomic mass is 10.2. The van der Waals surface area contributed by atoms with E-state index >= 15 is 0 Å². The van der Waals surface area contributed by atoms with E-state index in [1.54, 1.807) is 11.3 Å². The van der Waals surface area contributed by atoms with Crippen LogP contribution in [-0.2, 0) is 5.88 Å². The lowest BCUT2D eigenvalue weighted by Gasteiger charge is -2.34. The highest BCUT2D eigenvalue weighted by Crippen LogP contribution is 2.28. The number of hydrogen-bond acceptors (Lipinski definition) is 4. The lowest BCUT2D eigenvalue weighted by Crippen LogP contribution is -2.38. The van der Waals surface area contributed by atoms with Crippen LogP contribution in [0.25, 0.3) is 0 Å². The van der Waals surface area contributed by atoms with Gasteiger partial charge in [-0.2, -0.15) is 11.8 Å². The maximum Gasteiger partial charge on any atom is 0.110 e. The second-order valence-corrected chi connectivity index (χ2v) is 6.87. The second-order valence-electron chi connectivity index (χ2n) is 4.16. The highest BCUT2D eigenvalue weighted by molar-refractivity contribution is 7.99. The van der Waals surface area contributed by atoms with Gasteiger partial charge in [-0.15, -0.1) is 22.9 Å². The normalized spacial score (nSPS) is 24.6. The maximum absolute atomic E-state index is 5.78. The molecule has 1 fully saturated rings. The van der Waals surface area contributed by atoms with Crippen molar-refractivity contribution in [1.29, 1.82) is 0 Å². The average molecular weight is 277 g/mol. The molecule has 16 heavy (non-hydrogen) atoms. The third-order valence-corrected chi connectivity index (χ3v) is 5.36. The number of hydrogen-bond donors (Lipinski definition) is 0. The van der Waals surface area contributed by atoms with Crippen LogP contribution in [0.3, 0.4) is 0 Å². The minimum Gasteiger partial charge on any atom is -0.292 e. The Bertz CT molecular complexity index is 342. The summed E-state index contributed by atoms with van der Waals surface area (Å²) in [4.78, 5) is 7.09. The molecule has 0 radical (unpaired) electrons. The van der Waals surface area contributed by atoms with Gasteiger partial charge < -0.3 is 0 Å². The van der Waals surface area contributed by atoms with E-state index in [2.05, 4.69) is 40.9 Å². The van der Waals surface area contributed by atoms with Crippen molar-refractivity contribution in [2.75, 3.05) is 18.8 Å². The minimum atomic E-state index is 0.435. The summed E-state index contributed by atoms with van der Waals surface area (Å²) in [7, 11) is 0. The van der Waals surface area contributed by atoms with Crippen molar-refractivity contribution in [3.8, 4) is 0 Å². The van der Waals surface area contributed by atoms with Gasteiger partial charge in [-0.1, -0.05) is 6.92 Å². The van der Waals surface area contributed by atoms with Gasteiger partial charge in [-0.3, -0.25) is 4.90 Å². The Morgan fingerprint density at radius 3 is 3.12 bits per heavy atom.